The molecule has 2 aromatic carbocycles. The fourth-order valence-electron chi connectivity index (χ4n) is 2.09. The highest BCUT2D eigenvalue weighted by atomic mass is 32.1. The Morgan fingerprint density at radius 2 is 1.50 bits per heavy atom. The summed E-state index contributed by atoms with van der Waals surface area (Å²) in [5.41, 5.74) is 2.35. The Morgan fingerprint density at radius 1 is 0.909 bits per heavy atom. The summed E-state index contributed by atoms with van der Waals surface area (Å²) < 4.78 is 12.8. The first kappa shape index (κ1) is 17.4. The van der Waals surface area contributed by atoms with E-state index in [1.54, 1.807) is 0 Å². The molecular formula is C17H21NO2S2. The number of nitrogens with zero attached hydrogens (tertiary/aromatic N) is 1. The summed E-state index contributed by atoms with van der Waals surface area (Å²) in [6, 6.07) is 20.3. The van der Waals surface area contributed by atoms with Gasteiger partial charge in [-0.25, -0.2) is 4.31 Å². The van der Waals surface area contributed by atoms with Crippen molar-refractivity contribution in [3.63, 3.8) is 0 Å². The summed E-state index contributed by atoms with van der Waals surface area (Å²) in [5, 5.41) is 0. The van der Waals surface area contributed by atoms with E-state index in [4.69, 9.17) is 8.92 Å². The van der Waals surface area contributed by atoms with Gasteiger partial charge in [-0.1, -0.05) is 73.5 Å². The molecule has 0 N–H and O–H groups in total. The molecule has 2 aromatic rings. The zero-order valence-corrected chi connectivity index (χ0v) is 14.1. The van der Waals surface area contributed by atoms with Crippen molar-refractivity contribution in [1.82, 2.24) is 4.31 Å². The normalized spacial score (nSPS) is 12.5. The first-order valence-corrected chi connectivity index (χ1v) is 7.94. The highest BCUT2D eigenvalue weighted by Crippen LogP contribution is 2.10. The van der Waals surface area contributed by atoms with Crippen LogP contribution in [0.1, 0.15) is 11.1 Å². The second kappa shape index (κ2) is 9.92. The zero-order chi connectivity index (χ0) is 15.6. The van der Waals surface area contributed by atoms with Gasteiger partial charge in [-0.2, -0.15) is 0 Å². The Kier molecular flexibility index (Phi) is 7.83. The standard InChI is InChI=1S/C17H21NO2S2/c21-18(11-15-7-3-1-4-8-15)12-17(20-22)14-19-13-16-9-5-2-6-10-16/h1-10,17,21-22H,11-14H2. The second-order valence-electron chi connectivity index (χ2n) is 5.06. The van der Waals surface area contributed by atoms with E-state index in [0.717, 1.165) is 12.1 Å². The monoisotopic (exact) mass is 335 g/mol. The van der Waals surface area contributed by atoms with E-state index in [-0.39, 0.29) is 6.10 Å². The third-order valence-corrected chi connectivity index (χ3v) is 3.79. The molecule has 0 aliphatic rings. The van der Waals surface area contributed by atoms with Crippen LogP contribution in [0.3, 0.4) is 0 Å². The van der Waals surface area contributed by atoms with E-state index >= 15 is 0 Å². The zero-order valence-electron chi connectivity index (χ0n) is 12.3. The maximum absolute atomic E-state index is 5.69. The maximum atomic E-state index is 5.69. The van der Waals surface area contributed by atoms with E-state index in [0.29, 0.717) is 19.8 Å². The van der Waals surface area contributed by atoms with Crippen LogP contribution in [0, 0.1) is 0 Å². The van der Waals surface area contributed by atoms with Gasteiger partial charge in [0.25, 0.3) is 0 Å². The molecule has 0 saturated carbocycles. The van der Waals surface area contributed by atoms with Crippen LogP contribution < -0.4 is 0 Å². The average molecular weight is 335 g/mol. The predicted octanol–water partition coefficient (Wildman–Crippen LogP) is 3.78. The summed E-state index contributed by atoms with van der Waals surface area (Å²) in [6.07, 6.45) is -0.131. The fourth-order valence-corrected chi connectivity index (χ4v) is 2.57. The minimum atomic E-state index is -0.131. The molecule has 118 valence electrons. The van der Waals surface area contributed by atoms with Crippen LogP contribution >= 0.6 is 25.7 Å². The first-order chi connectivity index (χ1) is 10.8. The highest BCUT2D eigenvalue weighted by Gasteiger charge is 2.13. The van der Waals surface area contributed by atoms with Gasteiger partial charge in [0.05, 0.1) is 13.2 Å². The molecule has 0 aliphatic carbocycles. The summed E-state index contributed by atoms with van der Waals surface area (Å²) in [6.45, 7) is 2.43. The van der Waals surface area contributed by atoms with Crippen molar-refractivity contribution >= 4 is 25.7 Å². The lowest BCUT2D eigenvalue weighted by Crippen LogP contribution is -2.29. The average Bonchev–Trinajstić information content (AvgIpc) is 2.56. The second-order valence-corrected chi connectivity index (χ2v) is 5.84. The smallest absolute Gasteiger partial charge is 0.109 e. The minimum absolute atomic E-state index is 0.131. The van der Waals surface area contributed by atoms with E-state index < -0.39 is 0 Å². The number of rotatable bonds is 9. The molecular weight excluding hydrogens is 314 g/mol. The van der Waals surface area contributed by atoms with Gasteiger partial charge in [0.15, 0.2) is 0 Å². The molecule has 0 heterocycles. The molecule has 0 saturated heterocycles. The van der Waals surface area contributed by atoms with Crippen molar-refractivity contribution in [3.8, 4) is 0 Å². The quantitative estimate of drug-likeness (QED) is 0.538. The lowest BCUT2D eigenvalue weighted by molar-refractivity contribution is 0.0443. The van der Waals surface area contributed by atoms with E-state index in [9.17, 15) is 0 Å². The minimum Gasteiger partial charge on any atom is -0.374 e. The molecule has 0 bridgehead atoms. The molecule has 0 radical (unpaired) electrons. The van der Waals surface area contributed by atoms with Crippen molar-refractivity contribution in [2.24, 2.45) is 0 Å². The molecule has 2 rings (SSSR count). The van der Waals surface area contributed by atoms with Gasteiger partial charge in [-0.05, 0) is 24.0 Å². The van der Waals surface area contributed by atoms with Crippen LogP contribution in [0.2, 0.25) is 0 Å². The molecule has 0 amide bonds. The number of ether oxygens (including phenoxy) is 1. The van der Waals surface area contributed by atoms with Gasteiger partial charge >= 0.3 is 0 Å². The Bertz CT molecular complexity index is 525. The van der Waals surface area contributed by atoms with Crippen LogP contribution in [-0.4, -0.2) is 23.6 Å². The van der Waals surface area contributed by atoms with Gasteiger partial charge in [0.1, 0.15) is 6.10 Å². The molecule has 5 heteroatoms. The molecule has 0 aliphatic heterocycles. The summed E-state index contributed by atoms with van der Waals surface area (Å²) >= 11 is 8.43. The van der Waals surface area contributed by atoms with E-state index in [2.05, 4.69) is 37.9 Å². The Hall–Kier alpha value is -0.980. The maximum Gasteiger partial charge on any atom is 0.109 e. The number of thiol groups is 2. The van der Waals surface area contributed by atoms with Gasteiger partial charge in [-0.15, -0.1) is 0 Å². The summed E-state index contributed by atoms with van der Waals surface area (Å²) in [5.74, 6) is 0. The topological polar surface area (TPSA) is 21.7 Å². The Balaban J connectivity index is 1.72. The predicted molar refractivity (Wildman–Crippen MR) is 95.8 cm³/mol. The van der Waals surface area contributed by atoms with Crippen molar-refractivity contribution in [2.45, 2.75) is 19.3 Å². The SMILES string of the molecule is SOC(COCc1ccccc1)CN(S)Cc1ccccc1. The van der Waals surface area contributed by atoms with Crippen LogP contribution in [0.5, 0.6) is 0 Å². The first-order valence-electron chi connectivity index (χ1n) is 7.17. The van der Waals surface area contributed by atoms with Crippen molar-refractivity contribution in [3.05, 3.63) is 71.8 Å². The fraction of sp³-hybridized carbons (Fsp3) is 0.294. The Morgan fingerprint density at radius 3 is 2.09 bits per heavy atom. The molecule has 3 nitrogen and oxygen atoms in total. The van der Waals surface area contributed by atoms with E-state index in [1.807, 2.05) is 52.8 Å². The molecule has 0 aromatic heterocycles. The van der Waals surface area contributed by atoms with Crippen LogP contribution in [0.25, 0.3) is 0 Å². The third-order valence-electron chi connectivity index (χ3n) is 3.19. The number of benzene rings is 2. The molecule has 1 atom stereocenters. The number of hydrogen-bond acceptors (Lipinski definition) is 5. The largest absolute Gasteiger partial charge is 0.374 e. The van der Waals surface area contributed by atoms with Crippen LogP contribution in [0.4, 0.5) is 0 Å². The highest BCUT2D eigenvalue weighted by molar-refractivity contribution is 7.77. The van der Waals surface area contributed by atoms with Crippen molar-refractivity contribution < 1.29 is 8.92 Å². The van der Waals surface area contributed by atoms with Gasteiger partial charge in [-0.3, -0.25) is 0 Å². The van der Waals surface area contributed by atoms with Crippen molar-refractivity contribution in [2.75, 3.05) is 13.2 Å². The lowest BCUT2D eigenvalue weighted by Gasteiger charge is -2.21. The van der Waals surface area contributed by atoms with Gasteiger partial charge in [0, 0.05) is 13.1 Å². The third kappa shape index (κ3) is 6.42. The summed E-state index contributed by atoms with van der Waals surface area (Å²) in [7, 11) is 0. The lowest BCUT2D eigenvalue weighted by atomic mass is 10.2. The van der Waals surface area contributed by atoms with Gasteiger partial charge < -0.3 is 8.92 Å². The summed E-state index contributed by atoms with van der Waals surface area (Å²) in [4.78, 5) is 0. The van der Waals surface area contributed by atoms with E-state index in [1.165, 1.54) is 5.56 Å². The van der Waals surface area contributed by atoms with Gasteiger partial charge in [0.2, 0.25) is 0 Å². The van der Waals surface area contributed by atoms with Crippen molar-refractivity contribution in [1.29, 1.82) is 0 Å². The molecule has 0 spiro atoms. The molecule has 0 fully saturated rings. The van der Waals surface area contributed by atoms with Crippen LogP contribution in [-0.2, 0) is 22.1 Å². The molecule has 22 heavy (non-hydrogen) atoms. The Labute approximate surface area is 143 Å². The molecule has 1 unspecified atom stereocenters. The number of hydrogen-bond donors (Lipinski definition) is 2. The van der Waals surface area contributed by atoms with Crippen LogP contribution in [0.15, 0.2) is 60.7 Å².